The molecule has 2 amide bonds. The molecular formula is C33H37ClN6O3. The van der Waals surface area contributed by atoms with Crippen molar-refractivity contribution in [2.75, 3.05) is 43.4 Å². The van der Waals surface area contributed by atoms with Crippen LogP contribution in [0.1, 0.15) is 35.3 Å². The Balaban J connectivity index is 1.48. The van der Waals surface area contributed by atoms with Crippen LogP contribution in [0.15, 0.2) is 79.0 Å². The highest BCUT2D eigenvalue weighted by molar-refractivity contribution is 6.34. The third kappa shape index (κ3) is 7.88. The lowest BCUT2D eigenvalue weighted by Gasteiger charge is -2.26. The highest BCUT2D eigenvalue weighted by Crippen LogP contribution is 2.36. The first-order valence-corrected chi connectivity index (χ1v) is 14.6. The van der Waals surface area contributed by atoms with E-state index >= 15 is 0 Å². The molecule has 0 aliphatic carbocycles. The molecule has 1 N–H and O–H groups in total. The second-order valence-corrected chi connectivity index (χ2v) is 10.5. The predicted molar refractivity (Wildman–Crippen MR) is 172 cm³/mol. The number of para-hydroxylation sites is 2. The van der Waals surface area contributed by atoms with Crippen molar-refractivity contribution < 1.29 is 14.3 Å². The first-order valence-electron chi connectivity index (χ1n) is 14.2. The van der Waals surface area contributed by atoms with Crippen LogP contribution in [0.25, 0.3) is 0 Å². The molecule has 0 saturated carbocycles. The van der Waals surface area contributed by atoms with Crippen molar-refractivity contribution in [3.05, 3.63) is 101 Å². The van der Waals surface area contributed by atoms with E-state index in [2.05, 4.69) is 34.0 Å². The fourth-order valence-electron chi connectivity index (χ4n) is 4.67. The molecule has 43 heavy (non-hydrogen) atoms. The number of likely N-dealkylation sites (N-methyl/N-ethyl adjacent to an activating group) is 2. The monoisotopic (exact) mass is 600 g/mol. The van der Waals surface area contributed by atoms with Crippen LogP contribution in [-0.2, 0) is 0 Å². The molecule has 1 heterocycles. The minimum Gasteiger partial charge on any atom is -0.390 e. The second-order valence-electron chi connectivity index (χ2n) is 10.1. The maximum atomic E-state index is 13.6. The Morgan fingerprint density at radius 1 is 0.884 bits per heavy atom. The van der Waals surface area contributed by atoms with E-state index in [1.54, 1.807) is 47.4 Å². The standard InChI is InChI=1S/C33H37ClN6O3/c1-6-39(7-2)22-21-38(5)31(41)25-15-17-26(18-16-25)36-32-35-20-19-29(37-32)43-33(42)40(28-14-9-8-13-27(28)34)30-23(3)11-10-12-24(30)4/h8-20H,6-7,21-22H2,1-5H3,(H,35,36,37). The Labute approximate surface area is 258 Å². The molecule has 9 nitrogen and oxygen atoms in total. The maximum absolute atomic E-state index is 13.6. The number of nitrogens with one attached hydrogen (secondary N) is 1. The van der Waals surface area contributed by atoms with Crippen molar-refractivity contribution in [1.29, 1.82) is 0 Å². The van der Waals surface area contributed by atoms with E-state index < -0.39 is 6.09 Å². The van der Waals surface area contributed by atoms with Gasteiger partial charge in [-0.25, -0.2) is 14.7 Å². The number of anilines is 4. The van der Waals surface area contributed by atoms with Crippen molar-refractivity contribution in [2.24, 2.45) is 0 Å². The van der Waals surface area contributed by atoms with Crippen molar-refractivity contribution >= 4 is 46.6 Å². The number of hydrogen-bond donors (Lipinski definition) is 1. The maximum Gasteiger partial charge on any atom is 0.425 e. The van der Waals surface area contributed by atoms with Crippen LogP contribution in [-0.4, -0.2) is 65.0 Å². The third-order valence-corrected chi connectivity index (χ3v) is 7.46. The van der Waals surface area contributed by atoms with Gasteiger partial charge in [0.05, 0.1) is 16.4 Å². The number of amides is 2. The van der Waals surface area contributed by atoms with Crippen molar-refractivity contribution in [3.8, 4) is 5.88 Å². The molecule has 0 aliphatic heterocycles. The van der Waals surface area contributed by atoms with Gasteiger partial charge in [0.25, 0.3) is 5.91 Å². The first-order chi connectivity index (χ1) is 20.7. The van der Waals surface area contributed by atoms with Crippen molar-refractivity contribution in [3.63, 3.8) is 0 Å². The van der Waals surface area contributed by atoms with Crippen LogP contribution in [0, 0.1) is 13.8 Å². The molecule has 0 aliphatic rings. The minimum absolute atomic E-state index is 0.0455. The number of rotatable bonds is 11. The first kappa shape index (κ1) is 31.5. The molecular weight excluding hydrogens is 564 g/mol. The highest BCUT2D eigenvalue weighted by atomic mass is 35.5. The Morgan fingerprint density at radius 2 is 1.56 bits per heavy atom. The van der Waals surface area contributed by atoms with Crippen LogP contribution in [0.5, 0.6) is 5.88 Å². The summed E-state index contributed by atoms with van der Waals surface area (Å²) < 4.78 is 5.75. The van der Waals surface area contributed by atoms with Gasteiger partial charge >= 0.3 is 6.09 Å². The number of aryl methyl sites for hydroxylation is 2. The second kappa shape index (κ2) is 14.6. The summed E-state index contributed by atoms with van der Waals surface area (Å²) in [7, 11) is 1.81. The molecule has 10 heteroatoms. The summed E-state index contributed by atoms with van der Waals surface area (Å²) in [6.07, 6.45) is 0.836. The van der Waals surface area contributed by atoms with Crippen molar-refractivity contribution in [1.82, 2.24) is 19.8 Å². The zero-order valence-electron chi connectivity index (χ0n) is 25.2. The predicted octanol–water partition coefficient (Wildman–Crippen LogP) is 7.24. The summed E-state index contributed by atoms with van der Waals surface area (Å²) in [4.78, 5) is 40.6. The van der Waals surface area contributed by atoms with E-state index in [-0.39, 0.29) is 17.7 Å². The molecule has 0 unspecified atom stereocenters. The summed E-state index contributed by atoms with van der Waals surface area (Å²) in [5.41, 5.74) is 4.22. The van der Waals surface area contributed by atoms with Gasteiger partial charge in [-0.1, -0.05) is 55.8 Å². The quantitative estimate of drug-likeness (QED) is 0.194. The fourth-order valence-corrected chi connectivity index (χ4v) is 4.89. The van der Waals surface area contributed by atoms with Crippen LogP contribution in [0.4, 0.5) is 27.8 Å². The summed E-state index contributed by atoms with van der Waals surface area (Å²) in [6, 6.07) is 21.5. The third-order valence-electron chi connectivity index (χ3n) is 7.14. The molecule has 224 valence electrons. The van der Waals surface area contributed by atoms with Gasteiger partial charge in [-0.05, 0) is 74.5 Å². The van der Waals surface area contributed by atoms with Crippen LogP contribution in [0.3, 0.4) is 0 Å². The number of nitrogens with zero attached hydrogens (tertiary/aromatic N) is 5. The number of carbonyl (C=O) groups excluding carboxylic acids is 2. The minimum atomic E-state index is -0.664. The van der Waals surface area contributed by atoms with Gasteiger partial charge in [0.1, 0.15) is 0 Å². The molecule has 0 fully saturated rings. The van der Waals surface area contributed by atoms with E-state index in [0.717, 1.165) is 30.8 Å². The summed E-state index contributed by atoms with van der Waals surface area (Å²) in [5, 5.41) is 3.51. The lowest BCUT2D eigenvalue weighted by atomic mass is 10.1. The lowest BCUT2D eigenvalue weighted by molar-refractivity contribution is 0.0779. The molecule has 4 rings (SSSR count). The van der Waals surface area contributed by atoms with Gasteiger partial charge < -0.3 is 19.9 Å². The van der Waals surface area contributed by atoms with Gasteiger partial charge in [0.15, 0.2) is 0 Å². The van der Waals surface area contributed by atoms with Gasteiger partial charge in [-0.3, -0.25) is 4.79 Å². The van der Waals surface area contributed by atoms with Gasteiger partial charge in [0.2, 0.25) is 11.8 Å². The Bertz CT molecular complexity index is 1540. The number of carbonyl (C=O) groups is 2. The summed E-state index contributed by atoms with van der Waals surface area (Å²) >= 11 is 6.51. The highest BCUT2D eigenvalue weighted by Gasteiger charge is 2.26. The normalized spacial score (nSPS) is 10.9. The number of aromatic nitrogens is 2. The lowest BCUT2D eigenvalue weighted by Crippen LogP contribution is -2.36. The van der Waals surface area contributed by atoms with E-state index in [1.807, 2.05) is 45.2 Å². The zero-order valence-corrected chi connectivity index (χ0v) is 25.9. The number of ether oxygens (including phenoxy) is 1. The topological polar surface area (TPSA) is 90.9 Å². The molecule has 4 aromatic rings. The van der Waals surface area contributed by atoms with E-state index in [0.29, 0.717) is 34.2 Å². The molecule has 0 radical (unpaired) electrons. The Kier molecular flexibility index (Phi) is 10.7. The number of hydrogen-bond acceptors (Lipinski definition) is 7. The number of benzene rings is 3. The summed E-state index contributed by atoms with van der Waals surface area (Å²) in [6.45, 7) is 11.5. The van der Waals surface area contributed by atoms with Crippen molar-refractivity contribution in [2.45, 2.75) is 27.7 Å². The molecule has 0 spiro atoms. The van der Waals surface area contributed by atoms with Crippen LogP contribution in [0.2, 0.25) is 5.02 Å². The molecule has 3 aromatic carbocycles. The smallest absolute Gasteiger partial charge is 0.390 e. The summed E-state index contributed by atoms with van der Waals surface area (Å²) in [5.74, 6) is 0.250. The SMILES string of the molecule is CCN(CC)CCN(C)C(=O)c1ccc(Nc2nccc(OC(=O)N(c3ccccc3Cl)c3c(C)cccc3C)n2)cc1. The van der Waals surface area contributed by atoms with E-state index in [9.17, 15) is 9.59 Å². The Morgan fingerprint density at radius 3 is 2.21 bits per heavy atom. The molecule has 1 aromatic heterocycles. The Hall–Kier alpha value is -4.47. The molecule has 0 bridgehead atoms. The van der Waals surface area contributed by atoms with Crippen LogP contribution >= 0.6 is 11.6 Å². The van der Waals surface area contributed by atoms with Gasteiger partial charge in [0, 0.05) is 43.7 Å². The average Bonchev–Trinajstić information content (AvgIpc) is 3.00. The largest absolute Gasteiger partial charge is 0.425 e. The average molecular weight is 601 g/mol. The van der Waals surface area contributed by atoms with Gasteiger partial charge in [-0.15, -0.1) is 0 Å². The molecule has 0 saturated heterocycles. The van der Waals surface area contributed by atoms with E-state index in [1.165, 1.54) is 17.2 Å². The van der Waals surface area contributed by atoms with E-state index in [4.69, 9.17) is 16.3 Å². The molecule has 0 atom stereocenters. The fraction of sp³-hybridized carbons (Fsp3) is 0.273. The number of halogens is 1. The zero-order chi connectivity index (χ0) is 30.9. The van der Waals surface area contributed by atoms with Crippen LogP contribution < -0.4 is 15.0 Å². The van der Waals surface area contributed by atoms with Gasteiger partial charge in [-0.2, -0.15) is 4.98 Å².